The van der Waals surface area contributed by atoms with Crippen molar-refractivity contribution in [3.63, 3.8) is 0 Å². The number of fused-ring (bicyclic) bond motifs is 1. The molecule has 4 rings (SSSR count). The molecule has 0 spiro atoms. The molecule has 5 heteroatoms. The summed E-state index contributed by atoms with van der Waals surface area (Å²) in [5.74, 6) is 0.558. The molecule has 5 nitrogen and oxygen atoms in total. The second-order valence-electron chi connectivity index (χ2n) is 8.77. The van der Waals surface area contributed by atoms with Crippen molar-refractivity contribution in [2.24, 2.45) is 11.8 Å². The summed E-state index contributed by atoms with van der Waals surface area (Å²) in [6.07, 6.45) is 2.73. The number of benzene rings is 2. The van der Waals surface area contributed by atoms with Gasteiger partial charge in [-0.15, -0.1) is 0 Å². The summed E-state index contributed by atoms with van der Waals surface area (Å²) in [5.41, 5.74) is 3.49. The minimum absolute atomic E-state index is 0.0370. The zero-order valence-electron chi connectivity index (χ0n) is 17.6. The average Bonchev–Trinajstić information content (AvgIpc) is 3.05. The smallest absolute Gasteiger partial charge is 0.224 e. The topological polar surface area (TPSA) is 61.0 Å². The van der Waals surface area contributed by atoms with Gasteiger partial charge in [0.05, 0.1) is 17.6 Å². The Morgan fingerprint density at radius 3 is 2.72 bits per heavy atom. The predicted octanol–water partition coefficient (Wildman–Crippen LogP) is 3.38. The Kier molecular flexibility index (Phi) is 5.17. The van der Waals surface area contributed by atoms with E-state index in [4.69, 9.17) is 0 Å². The van der Waals surface area contributed by atoms with Gasteiger partial charge < -0.3 is 10.2 Å². The van der Waals surface area contributed by atoms with Gasteiger partial charge in [0.2, 0.25) is 5.91 Å². The standard InChI is InChI=1S/C24H30N4O/c1-16-22(24(16,2)19-8-6-5-7-9-19)23(29)25-15-20(28(3)4)13-17-10-11-21-18(12-17)14-26-27-21/h5-12,14,16,20,22H,13,15H2,1-4H3,(H,25,29)(H,26,27)/t16-,20-,22-,24?/m0/s1. The number of carbonyl (C=O) groups is 1. The van der Waals surface area contributed by atoms with Crippen molar-refractivity contribution in [3.8, 4) is 0 Å². The van der Waals surface area contributed by atoms with E-state index in [0.717, 1.165) is 17.3 Å². The molecule has 1 aliphatic rings. The number of hydrogen-bond acceptors (Lipinski definition) is 3. The van der Waals surface area contributed by atoms with Crippen LogP contribution < -0.4 is 5.32 Å². The van der Waals surface area contributed by atoms with Gasteiger partial charge >= 0.3 is 0 Å². The van der Waals surface area contributed by atoms with Crippen LogP contribution in [0.4, 0.5) is 0 Å². The lowest BCUT2D eigenvalue weighted by Crippen LogP contribution is -2.42. The van der Waals surface area contributed by atoms with Crippen LogP contribution in [0.15, 0.2) is 54.7 Å². The van der Waals surface area contributed by atoms with E-state index in [1.165, 1.54) is 11.1 Å². The minimum Gasteiger partial charge on any atom is -0.354 e. The Balaban J connectivity index is 1.40. The molecule has 0 aliphatic heterocycles. The first-order chi connectivity index (χ1) is 13.9. The van der Waals surface area contributed by atoms with Gasteiger partial charge in [-0.05, 0) is 49.7 Å². The molecule has 2 N–H and O–H groups in total. The molecular formula is C24H30N4O. The van der Waals surface area contributed by atoms with Crippen molar-refractivity contribution < 1.29 is 4.79 Å². The number of carbonyl (C=O) groups excluding carboxylic acids is 1. The number of likely N-dealkylation sites (N-methyl/N-ethyl adjacent to an activating group) is 1. The quantitative estimate of drug-likeness (QED) is 0.650. The Hall–Kier alpha value is -2.66. The van der Waals surface area contributed by atoms with Crippen LogP contribution in [0.1, 0.15) is 25.0 Å². The molecule has 1 fully saturated rings. The van der Waals surface area contributed by atoms with E-state index >= 15 is 0 Å². The molecule has 1 aromatic heterocycles. The highest BCUT2D eigenvalue weighted by Gasteiger charge is 2.62. The first kappa shape index (κ1) is 19.6. The van der Waals surface area contributed by atoms with Crippen molar-refractivity contribution in [2.45, 2.75) is 31.7 Å². The monoisotopic (exact) mass is 390 g/mol. The molecule has 29 heavy (non-hydrogen) atoms. The summed E-state index contributed by atoms with van der Waals surface area (Å²) in [6, 6.07) is 17.0. The molecule has 152 valence electrons. The maximum Gasteiger partial charge on any atom is 0.224 e. The van der Waals surface area contributed by atoms with E-state index in [1.807, 2.05) is 12.3 Å². The number of hydrogen-bond donors (Lipinski definition) is 2. The highest BCUT2D eigenvalue weighted by Crippen LogP contribution is 2.59. The van der Waals surface area contributed by atoms with Gasteiger partial charge in [-0.2, -0.15) is 5.10 Å². The molecule has 4 atom stereocenters. The number of aromatic nitrogens is 2. The molecule has 1 unspecified atom stereocenters. The Bertz CT molecular complexity index is 996. The van der Waals surface area contributed by atoms with Crippen molar-refractivity contribution in [1.29, 1.82) is 0 Å². The van der Waals surface area contributed by atoms with Crippen LogP contribution in [0.3, 0.4) is 0 Å². The first-order valence-corrected chi connectivity index (χ1v) is 10.3. The fraction of sp³-hybridized carbons (Fsp3) is 0.417. The predicted molar refractivity (Wildman–Crippen MR) is 117 cm³/mol. The van der Waals surface area contributed by atoms with Gasteiger partial charge in [0, 0.05) is 23.4 Å². The first-order valence-electron chi connectivity index (χ1n) is 10.3. The summed E-state index contributed by atoms with van der Waals surface area (Å²) >= 11 is 0. The minimum atomic E-state index is -0.0642. The molecule has 0 bridgehead atoms. The number of nitrogens with one attached hydrogen (secondary N) is 2. The van der Waals surface area contributed by atoms with Crippen molar-refractivity contribution >= 4 is 16.8 Å². The molecular weight excluding hydrogens is 360 g/mol. The largest absolute Gasteiger partial charge is 0.354 e. The normalized spacial score (nSPS) is 24.6. The highest BCUT2D eigenvalue weighted by atomic mass is 16.2. The third-order valence-corrected chi connectivity index (χ3v) is 6.88. The zero-order chi connectivity index (χ0) is 20.6. The van der Waals surface area contributed by atoms with E-state index in [0.29, 0.717) is 12.5 Å². The summed E-state index contributed by atoms with van der Waals surface area (Å²) < 4.78 is 0. The molecule has 1 saturated carbocycles. The van der Waals surface area contributed by atoms with Crippen LogP contribution in [0.2, 0.25) is 0 Å². The second kappa shape index (κ2) is 7.64. The number of H-pyrrole nitrogens is 1. The van der Waals surface area contributed by atoms with Crippen molar-refractivity contribution in [1.82, 2.24) is 20.4 Å². The van der Waals surface area contributed by atoms with Crippen LogP contribution >= 0.6 is 0 Å². The van der Waals surface area contributed by atoms with E-state index in [1.54, 1.807) is 0 Å². The Morgan fingerprint density at radius 1 is 1.24 bits per heavy atom. The summed E-state index contributed by atoms with van der Waals surface area (Å²) in [7, 11) is 4.14. The lowest BCUT2D eigenvalue weighted by molar-refractivity contribution is -0.123. The molecule has 0 radical (unpaired) electrons. The third kappa shape index (κ3) is 3.67. The van der Waals surface area contributed by atoms with E-state index in [2.05, 4.69) is 90.8 Å². The summed E-state index contributed by atoms with van der Waals surface area (Å²) in [6.45, 7) is 5.03. The Morgan fingerprint density at radius 2 is 2.00 bits per heavy atom. The van der Waals surface area contributed by atoms with Gasteiger partial charge in [0.1, 0.15) is 0 Å². The van der Waals surface area contributed by atoms with Crippen LogP contribution in [0, 0.1) is 11.8 Å². The summed E-state index contributed by atoms with van der Waals surface area (Å²) in [4.78, 5) is 15.2. The number of rotatable bonds is 7. The molecule has 1 heterocycles. The maximum atomic E-state index is 13.0. The maximum absolute atomic E-state index is 13.0. The molecule has 1 amide bonds. The average molecular weight is 391 g/mol. The third-order valence-electron chi connectivity index (χ3n) is 6.88. The number of amides is 1. The van der Waals surface area contributed by atoms with E-state index < -0.39 is 0 Å². The molecule has 1 aliphatic carbocycles. The Labute approximate surface area is 172 Å². The van der Waals surface area contributed by atoms with Crippen LogP contribution in [0.25, 0.3) is 10.9 Å². The fourth-order valence-electron chi connectivity index (χ4n) is 4.62. The lowest BCUT2D eigenvalue weighted by atomic mass is 9.94. The van der Waals surface area contributed by atoms with E-state index in [-0.39, 0.29) is 23.3 Å². The van der Waals surface area contributed by atoms with Gasteiger partial charge in [0.15, 0.2) is 0 Å². The van der Waals surface area contributed by atoms with Gasteiger partial charge in [0.25, 0.3) is 0 Å². The van der Waals surface area contributed by atoms with Gasteiger partial charge in [-0.1, -0.05) is 50.2 Å². The van der Waals surface area contributed by atoms with E-state index in [9.17, 15) is 4.79 Å². The zero-order valence-corrected chi connectivity index (χ0v) is 17.6. The van der Waals surface area contributed by atoms with Gasteiger partial charge in [-0.25, -0.2) is 0 Å². The highest BCUT2D eigenvalue weighted by molar-refractivity contribution is 5.85. The fourth-order valence-corrected chi connectivity index (χ4v) is 4.62. The van der Waals surface area contributed by atoms with Crippen LogP contribution in [0.5, 0.6) is 0 Å². The second-order valence-corrected chi connectivity index (χ2v) is 8.77. The SMILES string of the molecule is C[C@H]1[C@@H](C(=O)NC[C@H](Cc2ccc3[nH]ncc3c2)N(C)C)C1(C)c1ccccc1. The van der Waals surface area contributed by atoms with Crippen molar-refractivity contribution in [3.05, 3.63) is 65.9 Å². The lowest BCUT2D eigenvalue weighted by Gasteiger charge is -2.25. The number of aromatic amines is 1. The van der Waals surface area contributed by atoms with Crippen LogP contribution in [-0.4, -0.2) is 47.7 Å². The molecule has 3 aromatic rings. The van der Waals surface area contributed by atoms with Gasteiger partial charge in [-0.3, -0.25) is 9.89 Å². The van der Waals surface area contributed by atoms with Crippen molar-refractivity contribution in [2.75, 3.05) is 20.6 Å². The number of nitrogens with zero attached hydrogens (tertiary/aromatic N) is 2. The molecule has 2 aromatic carbocycles. The molecule has 0 saturated heterocycles. The van der Waals surface area contributed by atoms with Crippen LogP contribution in [-0.2, 0) is 16.6 Å². The summed E-state index contributed by atoms with van der Waals surface area (Å²) in [5, 5.41) is 11.4.